The molecule has 2 N–H and O–H groups in total. The van der Waals surface area contributed by atoms with Gasteiger partial charge in [-0.25, -0.2) is 0 Å². The van der Waals surface area contributed by atoms with Gasteiger partial charge in [0.1, 0.15) is 5.75 Å². The minimum absolute atomic E-state index is 0.0116. The Morgan fingerprint density at radius 2 is 2.00 bits per heavy atom. The van der Waals surface area contributed by atoms with Gasteiger partial charge in [0.05, 0.1) is 13.0 Å². The fourth-order valence-electron chi connectivity index (χ4n) is 3.33. The van der Waals surface area contributed by atoms with Crippen molar-refractivity contribution >= 4 is 11.9 Å². The second kappa shape index (κ2) is 9.42. The first-order chi connectivity index (χ1) is 12.0. The van der Waals surface area contributed by atoms with E-state index in [1.807, 2.05) is 31.2 Å². The lowest BCUT2D eigenvalue weighted by Gasteiger charge is -2.27. The molecule has 25 heavy (non-hydrogen) atoms. The standard InChI is InChI=1S/C19H27NO5/c1-13(15-5-3-4-6-17(15)24-2)11-18(21)20-12-16(19(22)23)14-7-9-25-10-8-14/h3-6,13-14,16H,7-12H2,1-2H3,(H,20,21)(H,22,23). The molecule has 1 amide bonds. The number of hydrogen-bond acceptors (Lipinski definition) is 4. The maximum Gasteiger partial charge on any atom is 0.308 e. The number of nitrogens with one attached hydrogen (secondary N) is 1. The maximum atomic E-state index is 12.3. The van der Waals surface area contributed by atoms with Gasteiger partial charge >= 0.3 is 5.97 Å². The number of rotatable bonds is 8. The molecule has 2 atom stereocenters. The van der Waals surface area contributed by atoms with Gasteiger partial charge in [-0.3, -0.25) is 9.59 Å². The third-order valence-corrected chi connectivity index (χ3v) is 4.83. The summed E-state index contributed by atoms with van der Waals surface area (Å²) in [4.78, 5) is 23.8. The summed E-state index contributed by atoms with van der Waals surface area (Å²) < 4.78 is 10.6. The van der Waals surface area contributed by atoms with Crippen LogP contribution in [0, 0.1) is 11.8 Å². The molecule has 0 aromatic heterocycles. The highest BCUT2D eigenvalue weighted by atomic mass is 16.5. The van der Waals surface area contributed by atoms with E-state index in [0.29, 0.717) is 19.6 Å². The van der Waals surface area contributed by atoms with Gasteiger partial charge < -0.3 is 19.9 Å². The van der Waals surface area contributed by atoms with E-state index in [1.165, 1.54) is 0 Å². The highest BCUT2D eigenvalue weighted by Crippen LogP contribution is 2.28. The molecule has 0 aliphatic carbocycles. The molecule has 2 unspecified atom stereocenters. The summed E-state index contributed by atoms with van der Waals surface area (Å²) in [5.74, 6) is -0.759. The van der Waals surface area contributed by atoms with Gasteiger partial charge in [0.15, 0.2) is 0 Å². The number of carbonyl (C=O) groups is 2. The zero-order valence-corrected chi connectivity index (χ0v) is 14.9. The number of carbonyl (C=O) groups excluding carboxylic acids is 1. The molecule has 2 rings (SSSR count). The van der Waals surface area contributed by atoms with Gasteiger partial charge in [-0.2, -0.15) is 0 Å². The van der Waals surface area contributed by atoms with Crippen LogP contribution in [0.4, 0.5) is 0 Å². The van der Waals surface area contributed by atoms with Crippen LogP contribution >= 0.6 is 0 Å². The van der Waals surface area contributed by atoms with Gasteiger partial charge in [0, 0.05) is 26.2 Å². The number of para-hydroxylation sites is 1. The number of methoxy groups -OCH3 is 1. The highest BCUT2D eigenvalue weighted by molar-refractivity contribution is 5.78. The van der Waals surface area contributed by atoms with Gasteiger partial charge in [-0.1, -0.05) is 25.1 Å². The number of carboxylic acids is 1. The van der Waals surface area contributed by atoms with Gasteiger partial charge in [-0.15, -0.1) is 0 Å². The Balaban J connectivity index is 1.89. The lowest BCUT2D eigenvalue weighted by molar-refractivity contribution is -0.145. The van der Waals surface area contributed by atoms with Crippen LogP contribution < -0.4 is 10.1 Å². The highest BCUT2D eigenvalue weighted by Gasteiger charge is 2.30. The number of ether oxygens (including phenoxy) is 2. The molecule has 0 saturated carbocycles. The van der Waals surface area contributed by atoms with Crippen LogP contribution in [0.25, 0.3) is 0 Å². The topological polar surface area (TPSA) is 84.9 Å². The summed E-state index contributed by atoms with van der Waals surface area (Å²) in [5.41, 5.74) is 0.972. The van der Waals surface area contributed by atoms with Crippen LogP contribution in [0.5, 0.6) is 5.75 Å². The number of carboxylic acid groups (broad SMARTS) is 1. The van der Waals surface area contributed by atoms with Crippen LogP contribution in [0.15, 0.2) is 24.3 Å². The average molecular weight is 349 g/mol. The zero-order chi connectivity index (χ0) is 18.2. The normalized spacial score (nSPS) is 17.5. The summed E-state index contributed by atoms with van der Waals surface area (Å²) in [6, 6.07) is 7.62. The van der Waals surface area contributed by atoms with Crippen molar-refractivity contribution < 1.29 is 24.2 Å². The van der Waals surface area contributed by atoms with Crippen molar-refractivity contribution in [2.75, 3.05) is 26.9 Å². The van der Waals surface area contributed by atoms with E-state index in [9.17, 15) is 14.7 Å². The number of benzene rings is 1. The molecule has 0 radical (unpaired) electrons. The molecule has 1 aliphatic rings. The summed E-state index contributed by atoms with van der Waals surface area (Å²) in [6.07, 6.45) is 1.75. The van der Waals surface area contributed by atoms with Crippen LogP contribution in [-0.4, -0.2) is 43.9 Å². The van der Waals surface area contributed by atoms with Gasteiger partial charge in [-0.05, 0) is 36.3 Å². The third kappa shape index (κ3) is 5.46. The minimum Gasteiger partial charge on any atom is -0.496 e. The van der Waals surface area contributed by atoms with E-state index in [1.54, 1.807) is 7.11 Å². The molecule has 1 aliphatic heterocycles. The zero-order valence-electron chi connectivity index (χ0n) is 14.9. The molecule has 1 fully saturated rings. The van der Waals surface area contributed by atoms with Crippen LogP contribution in [-0.2, 0) is 14.3 Å². The Bertz CT molecular complexity index is 583. The molecule has 1 aromatic carbocycles. The molecule has 0 spiro atoms. The first kappa shape index (κ1) is 19.2. The minimum atomic E-state index is -0.857. The first-order valence-electron chi connectivity index (χ1n) is 8.73. The maximum absolute atomic E-state index is 12.3. The second-order valence-electron chi connectivity index (χ2n) is 6.55. The number of hydrogen-bond donors (Lipinski definition) is 2. The smallest absolute Gasteiger partial charge is 0.308 e. The van der Waals surface area contributed by atoms with Crippen molar-refractivity contribution in [2.45, 2.75) is 32.1 Å². The van der Waals surface area contributed by atoms with E-state index in [2.05, 4.69) is 5.32 Å². The summed E-state index contributed by atoms with van der Waals surface area (Å²) in [6.45, 7) is 3.31. The van der Waals surface area contributed by atoms with Crippen LogP contribution in [0.1, 0.15) is 37.7 Å². The van der Waals surface area contributed by atoms with Crippen LogP contribution in [0.3, 0.4) is 0 Å². The Morgan fingerprint density at radius 1 is 1.32 bits per heavy atom. The molecule has 138 valence electrons. The van der Waals surface area contributed by atoms with Crippen molar-refractivity contribution in [1.29, 1.82) is 0 Å². The lowest BCUT2D eigenvalue weighted by atomic mass is 9.86. The van der Waals surface area contributed by atoms with Gasteiger partial charge in [0.25, 0.3) is 0 Å². The van der Waals surface area contributed by atoms with Crippen molar-refractivity contribution in [1.82, 2.24) is 5.32 Å². The Kier molecular flexibility index (Phi) is 7.25. The quantitative estimate of drug-likeness (QED) is 0.753. The predicted octanol–water partition coefficient (Wildman–Crippen LogP) is 2.43. The molecule has 6 heteroatoms. The fourth-order valence-corrected chi connectivity index (χ4v) is 3.33. The molecule has 1 heterocycles. The Morgan fingerprint density at radius 3 is 2.64 bits per heavy atom. The van der Waals surface area contributed by atoms with Crippen molar-refractivity contribution in [2.24, 2.45) is 11.8 Å². The Labute approximate surface area is 148 Å². The first-order valence-corrected chi connectivity index (χ1v) is 8.73. The van der Waals surface area contributed by atoms with Crippen molar-refractivity contribution in [3.8, 4) is 5.75 Å². The van der Waals surface area contributed by atoms with E-state index < -0.39 is 11.9 Å². The van der Waals surface area contributed by atoms with Crippen LogP contribution in [0.2, 0.25) is 0 Å². The number of aliphatic carboxylic acids is 1. The van der Waals surface area contributed by atoms with E-state index in [4.69, 9.17) is 9.47 Å². The monoisotopic (exact) mass is 349 g/mol. The Hall–Kier alpha value is -2.08. The summed E-state index contributed by atoms with van der Waals surface area (Å²) in [7, 11) is 1.61. The molecular weight excluding hydrogens is 322 g/mol. The molecule has 1 aromatic rings. The second-order valence-corrected chi connectivity index (χ2v) is 6.55. The fraction of sp³-hybridized carbons (Fsp3) is 0.579. The average Bonchev–Trinajstić information content (AvgIpc) is 2.62. The number of amides is 1. The molecule has 1 saturated heterocycles. The molecule has 6 nitrogen and oxygen atoms in total. The predicted molar refractivity (Wildman–Crippen MR) is 93.7 cm³/mol. The molecule has 0 bridgehead atoms. The van der Waals surface area contributed by atoms with Crippen molar-refractivity contribution in [3.63, 3.8) is 0 Å². The lowest BCUT2D eigenvalue weighted by Crippen LogP contribution is -2.39. The van der Waals surface area contributed by atoms with E-state index >= 15 is 0 Å². The third-order valence-electron chi connectivity index (χ3n) is 4.83. The van der Waals surface area contributed by atoms with Crippen molar-refractivity contribution in [3.05, 3.63) is 29.8 Å². The van der Waals surface area contributed by atoms with E-state index in [0.717, 1.165) is 24.2 Å². The SMILES string of the molecule is COc1ccccc1C(C)CC(=O)NCC(C(=O)O)C1CCOCC1. The van der Waals surface area contributed by atoms with E-state index in [-0.39, 0.29) is 24.3 Å². The van der Waals surface area contributed by atoms with Gasteiger partial charge in [0.2, 0.25) is 5.91 Å². The molecular formula is C19H27NO5. The largest absolute Gasteiger partial charge is 0.496 e. The summed E-state index contributed by atoms with van der Waals surface area (Å²) >= 11 is 0. The summed E-state index contributed by atoms with van der Waals surface area (Å²) in [5, 5.41) is 12.3.